The van der Waals surface area contributed by atoms with Crippen LogP contribution in [-0.2, 0) is 14.3 Å². The molecular formula is C19H35N5O3. The lowest BCUT2D eigenvalue weighted by atomic mass is 9.84. The van der Waals surface area contributed by atoms with Crippen LogP contribution in [0.5, 0.6) is 0 Å². The van der Waals surface area contributed by atoms with Crippen molar-refractivity contribution >= 4 is 17.8 Å². The molecule has 2 rings (SSSR count). The highest BCUT2D eigenvalue weighted by molar-refractivity contribution is 5.86. The van der Waals surface area contributed by atoms with E-state index in [1.54, 1.807) is 19.0 Å². The van der Waals surface area contributed by atoms with Gasteiger partial charge in [-0.15, -0.1) is 0 Å². The fourth-order valence-electron chi connectivity index (χ4n) is 3.69. The van der Waals surface area contributed by atoms with Crippen LogP contribution in [0, 0.1) is 11.3 Å². The van der Waals surface area contributed by atoms with Gasteiger partial charge in [0.1, 0.15) is 6.54 Å². The second-order valence-corrected chi connectivity index (χ2v) is 8.10. The van der Waals surface area contributed by atoms with Crippen molar-refractivity contribution in [1.29, 1.82) is 0 Å². The van der Waals surface area contributed by atoms with Crippen LogP contribution in [0.3, 0.4) is 0 Å². The highest BCUT2D eigenvalue weighted by atomic mass is 16.5. The first-order valence-electron chi connectivity index (χ1n) is 9.86. The number of nitrogens with one attached hydrogen (secondary N) is 2. The van der Waals surface area contributed by atoms with Crippen LogP contribution in [0.25, 0.3) is 0 Å². The monoisotopic (exact) mass is 381 g/mol. The van der Waals surface area contributed by atoms with Crippen LogP contribution in [0.1, 0.15) is 32.1 Å². The summed E-state index contributed by atoms with van der Waals surface area (Å²) in [6.07, 6.45) is 4.94. The summed E-state index contributed by atoms with van der Waals surface area (Å²) in [6, 6.07) is 0. The Balaban J connectivity index is 2.01. The number of ether oxygens (including phenoxy) is 1. The van der Waals surface area contributed by atoms with Gasteiger partial charge in [-0.2, -0.15) is 0 Å². The molecule has 154 valence electrons. The highest BCUT2D eigenvalue weighted by Crippen LogP contribution is 2.38. The van der Waals surface area contributed by atoms with Crippen molar-refractivity contribution in [2.24, 2.45) is 16.3 Å². The number of likely N-dealkylation sites (N-methyl/N-ethyl adjacent to an activating group) is 1. The minimum atomic E-state index is -0.381. The molecule has 1 aliphatic heterocycles. The molecule has 0 bridgehead atoms. The van der Waals surface area contributed by atoms with Crippen LogP contribution in [0.15, 0.2) is 4.99 Å². The first-order valence-corrected chi connectivity index (χ1v) is 9.86. The maximum Gasteiger partial charge on any atom is 0.243 e. The van der Waals surface area contributed by atoms with E-state index in [1.807, 2.05) is 14.1 Å². The molecule has 1 aliphatic carbocycles. The third kappa shape index (κ3) is 6.09. The zero-order chi connectivity index (χ0) is 19.9. The van der Waals surface area contributed by atoms with Crippen molar-refractivity contribution in [1.82, 2.24) is 20.4 Å². The molecule has 2 fully saturated rings. The Kier molecular flexibility index (Phi) is 7.89. The van der Waals surface area contributed by atoms with E-state index in [0.717, 1.165) is 51.9 Å². The molecule has 2 aliphatic rings. The van der Waals surface area contributed by atoms with E-state index in [2.05, 4.69) is 15.6 Å². The van der Waals surface area contributed by atoms with Gasteiger partial charge in [0.05, 0.1) is 12.0 Å². The molecule has 1 unspecified atom stereocenters. The van der Waals surface area contributed by atoms with Gasteiger partial charge in [0.15, 0.2) is 5.96 Å². The molecule has 0 spiro atoms. The Morgan fingerprint density at radius 1 is 1.11 bits per heavy atom. The second-order valence-electron chi connectivity index (χ2n) is 8.10. The lowest BCUT2D eigenvalue weighted by molar-refractivity contribution is -0.138. The minimum absolute atomic E-state index is 0.0553. The highest BCUT2D eigenvalue weighted by Gasteiger charge is 2.42. The number of rotatable bonds is 7. The summed E-state index contributed by atoms with van der Waals surface area (Å²) in [5, 5.41) is 6.66. The molecule has 0 radical (unpaired) electrons. The van der Waals surface area contributed by atoms with E-state index < -0.39 is 0 Å². The zero-order valence-corrected chi connectivity index (χ0v) is 17.2. The molecule has 0 aromatic rings. The van der Waals surface area contributed by atoms with Crippen LogP contribution in [-0.4, -0.2) is 88.6 Å². The van der Waals surface area contributed by atoms with Gasteiger partial charge in [-0.3, -0.25) is 9.59 Å². The fourth-order valence-corrected chi connectivity index (χ4v) is 3.69. The van der Waals surface area contributed by atoms with Gasteiger partial charge < -0.3 is 25.2 Å². The summed E-state index contributed by atoms with van der Waals surface area (Å²) in [4.78, 5) is 32.3. The number of guanidine groups is 1. The van der Waals surface area contributed by atoms with Crippen LogP contribution in [0.4, 0.5) is 0 Å². The average molecular weight is 382 g/mol. The summed E-state index contributed by atoms with van der Waals surface area (Å²) < 4.78 is 5.42. The molecule has 1 atom stereocenters. The summed E-state index contributed by atoms with van der Waals surface area (Å²) in [6.45, 7) is 2.91. The molecule has 2 N–H and O–H groups in total. The molecule has 1 saturated carbocycles. The smallest absolute Gasteiger partial charge is 0.243 e. The summed E-state index contributed by atoms with van der Waals surface area (Å²) in [7, 11) is 7.06. The van der Waals surface area contributed by atoms with Gasteiger partial charge in [-0.1, -0.05) is 12.8 Å². The Bertz CT molecular complexity index is 535. The van der Waals surface area contributed by atoms with E-state index >= 15 is 0 Å². The Hall–Kier alpha value is -1.83. The zero-order valence-electron chi connectivity index (χ0n) is 17.2. The van der Waals surface area contributed by atoms with Gasteiger partial charge in [-0.25, -0.2) is 4.99 Å². The summed E-state index contributed by atoms with van der Waals surface area (Å²) >= 11 is 0. The first-order chi connectivity index (χ1) is 12.8. The number of nitrogens with zero attached hydrogens (tertiary/aromatic N) is 3. The Labute approximate surface area is 162 Å². The molecule has 27 heavy (non-hydrogen) atoms. The first kappa shape index (κ1) is 21.5. The predicted molar refractivity (Wildman–Crippen MR) is 106 cm³/mol. The van der Waals surface area contributed by atoms with Crippen molar-refractivity contribution in [2.75, 3.05) is 61.0 Å². The number of hydrogen-bond acceptors (Lipinski definition) is 4. The topological polar surface area (TPSA) is 86.3 Å². The van der Waals surface area contributed by atoms with Crippen molar-refractivity contribution in [3.05, 3.63) is 0 Å². The van der Waals surface area contributed by atoms with E-state index in [1.165, 1.54) is 4.90 Å². The third-order valence-corrected chi connectivity index (χ3v) is 5.47. The minimum Gasteiger partial charge on any atom is -0.381 e. The number of aliphatic imine (C=N–C) groups is 1. The van der Waals surface area contributed by atoms with E-state index in [0.29, 0.717) is 18.4 Å². The van der Waals surface area contributed by atoms with E-state index in [4.69, 9.17) is 4.74 Å². The Morgan fingerprint density at radius 2 is 1.81 bits per heavy atom. The average Bonchev–Trinajstić information content (AvgIpc) is 3.32. The predicted octanol–water partition coefficient (Wildman–Crippen LogP) is 0.295. The van der Waals surface area contributed by atoms with Gasteiger partial charge >= 0.3 is 0 Å². The summed E-state index contributed by atoms with van der Waals surface area (Å²) in [5.41, 5.74) is -0.381. The Morgan fingerprint density at radius 3 is 2.37 bits per heavy atom. The lowest BCUT2D eigenvalue weighted by Crippen LogP contribution is -2.50. The second kappa shape index (κ2) is 9.92. The van der Waals surface area contributed by atoms with Gasteiger partial charge in [0, 0.05) is 53.8 Å². The maximum absolute atomic E-state index is 12.8. The van der Waals surface area contributed by atoms with Gasteiger partial charge in [0.25, 0.3) is 0 Å². The molecule has 0 aromatic heterocycles. The molecule has 8 heteroatoms. The molecule has 1 saturated heterocycles. The number of carbonyl (C=O) groups excluding carboxylic acids is 2. The van der Waals surface area contributed by atoms with Crippen molar-refractivity contribution < 1.29 is 14.3 Å². The normalized spacial score (nSPS) is 21.8. The van der Waals surface area contributed by atoms with Crippen molar-refractivity contribution in [3.8, 4) is 0 Å². The van der Waals surface area contributed by atoms with Crippen LogP contribution < -0.4 is 10.6 Å². The summed E-state index contributed by atoms with van der Waals surface area (Å²) in [5.74, 6) is 1.15. The number of amides is 2. The van der Waals surface area contributed by atoms with E-state index in [9.17, 15) is 9.59 Å². The SMILES string of the molecule is CN(C)C(=O)CN=C(NCC1CCOC1)NCC1(C(=O)N(C)C)CCCC1. The van der Waals surface area contributed by atoms with E-state index in [-0.39, 0.29) is 23.8 Å². The van der Waals surface area contributed by atoms with Crippen molar-refractivity contribution in [3.63, 3.8) is 0 Å². The van der Waals surface area contributed by atoms with Gasteiger partial charge in [-0.05, 0) is 19.3 Å². The lowest BCUT2D eigenvalue weighted by Gasteiger charge is -2.31. The van der Waals surface area contributed by atoms with Crippen LogP contribution in [0.2, 0.25) is 0 Å². The number of hydrogen-bond donors (Lipinski definition) is 2. The van der Waals surface area contributed by atoms with Gasteiger partial charge in [0.2, 0.25) is 11.8 Å². The standard InChI is InChI=1S/C19H35N5O3/c1-23(2)16(25)12-21-18(20-11-15-7-10-27-13-15)22-14-19(8-5-6-9-19)17(26)24(3)4/h15H,5-14H2,1-4H3,(H2,20,21,22). The molecule has 1 heterocycles. The number of carbonyl (C=O) groups is 2. The van der Waals surface area contributed by atoms with Crippen LogP contribution >= 0.6 is 0 Å². The fraction of sp³-hybridized carbons (Fsp3) is 0.842. The molecule has 0 aromatic carbocycles. The third-order valence-electron chi connectivity index (χ3n) is 5.47. The molecule has 8 nitrogen and oxygen atoms in total. The maximum atomic E-state index is 12.8. The molecular weight excluding hydrogens is 346 g/mol. The molecule has 2 amide bonds. The van der Waals surface area contributed by atoms with Crippen molar-refractivity contribution in [2.45, 2.75) is 32.1 Å². The quantitative estimate of drug-likeness (QED) is 0.489. The largest absolute Gasteiger partial charge is 0.381 e.